The van der Waals surface area contributed by atoms with Gasteiger partial charge in [-0.3, -0.25) is 4.55 Å². The minimum absolute atomic E-state index is 0.126. The second-order valence-corrected chi connectivity index (χ2v) is 9.97. The Balaban J connectivity index is 1.92. The summed E-state index contributed by atoms with van der Waals surface area (Å²) in [5, 5.41) is 34.8. The summed E-state index contributed by atoms with van der Waals surface area (Å²) in [4.78, 5) is -2.98. The van der Waals surface area contributed by atoms with Crippen LogP contribution in [0.1, 0.15) is 12.6 Å². The molecular weight excluding hydrogens is 476 g/mol. The molecule has 0 bridgehead atoms. The van der Waals surface area contributed by atoms with E-state index in [9.17, 15) is 28.3 Å². The van der Waals surface area contributed by atoms with Crippen LogP contribution in [-0.2, 0) is 20.5 Å². The summed E-state index contributed by atoms with van der Waals surface area (Å²) in [6, 6.07) is 17.8. The molecule has 1 aromatic heterocycles. The predicted molar refractivity (Wildman–Crippen MR) is 116 cm³/mol. The largest absolute Gasteiger partial charge is 0.461 e. The van der Waals surface area contributed by atoms with Gasteiger partial charge in [0.15, 0.2) is 5.60 Å². The summed E-state index contributed by atoms with van der Waals surface area (Å²) < 4.78 is 46.6. The van der Waals surface area contributed by atoms with E-state index in [1.165, 1.54) is 29.1 Å². The van der Waals surface area contributed by atoms with Gasteiger partial charge in [0.2, 0.25) is 16.3 Å². The molecule has 1 saturated heterocycles. The zero-order valence-corrected chi connectivity index (χ0v) is 18.8. The molecule has 33 heavy (non-hydrogen) atoms. The summed E-state index contributed by atoms with van der Waals surface area (Å²) in [6.07, 6.45) is -3.10. The number of aliphatic hydroxyl groups excluding tert-OH is 1. The van der Waals surface area contributed by atoms with Crippen molar-refractivity contribution in [3.05, 3.63) is 78.6 Å². The SMILES string of the molecule is CC1(S(=O)(=O)O)O[C@H](Oc2ccccc2)[C@](O)(c2ccnn2-c2ccccc2)[C@H](O)[C@]1(O)Cl. The lowest BCUT2D eigenvalue weighted by molar-refractivity contribution is -0.344. The van der Waals surface area contributed by atoms with E-state index < -0.39 is 38.1 Å². The van der Waals surface area contributed by atoms with Crippen LogP contribution >= 0.6 is 11.6 Å². The number of alkyl halides is 1. The van der Waals surface area contributed by atoms with E-state index in [4.69, 9.17) is 21.1 Å². The topological polar surface area (TPSA) is 151 Å². The van der Waals surface area contributed by atoms with Crippen LogP contribution in [0.5, 0.6) is 5.75 Å². The van der Waals surface area contributed by atoms with E-state index in [-0.39, 0.29) is 11.4 Å². The van der Waals surface area contributed by atoms with Gasteiger partial charge in [-0.1, -0.05) is 48.0 Å². The molecule has 2 aromatic carbocycles. The number of benzene rings is 2. The Morgan fingerprint density at radius 1 is 1.06 bits per heavy atom. The Morgan fingerprint density at radius 3 is 2.21 bits per heavy atom. The maximum Gasteiger partial charge on any atom is 0.299 e. The summed E-state index contributed by atoms with van der Waals surface area (Å²) in [7, 11) is -5.25. The van der Waals surface area contributed by atoms with Gasteiger partial charge in [-0.2, -0.15) is 13.5 Å². The van der Waals surface area contributed by atoms with Crippen LogP contribution in [0.25, 0.3) is 5.69 Å². The minimum Gasteiger partial charge on any atom is -0.461 e. The molecule has 0 saturated carbocycles. The molecule has 176 valence electrons. The highest BCUT2D eigenvalue weighted by molar-refractivity contribution is 7.87. The Kier molecular flexibility index (Phi) is 5.78. The minimum atomic E-state index is -5.25. The third kappa shape index (κ3) is 3.62. The number of para-hydroxylation sites is 2. The molecule has 4 rings (SSSR count). The lowest BCUT2D eigenvalue weighted by Crippen LogP contribution is -2.76. The van der Waals surface area contributed by atoms with E-state index in [2.05, 4.69) is 5.10 Å². The van der Waals surface area contributed by atoms with E-state index in [0.717, 1.165) is 6.92 Å². The van der Waals surface area contributed by atoms with Gasteiger partial charge < -0.3 is 24.8 Å². The number of halogens is 1. The first-order valence-corrected chi connectivity index (χ1v) is 11.5. The molecule has 4 N–H and O–H groups in total. The second-order valence-electron chi connectivity index (χ2n) is 7.67. The Bertz CT molecular complexity index is 1240. The highest BCUT2D eigenvalue weighted by atomic mass is 35.5. The zero-order valence-electron chi connectivity index (χ0n) is 17.2. The maximum absolute atomic E-state index is 12.2. The van der Waals surface area contributed by atoms with E-state index >= 15 is 0 Å². The van der Waals surface area contributed by atoms with Gasteiger partial charge in [0.25, 0.3) is 10.1 Å². The van der Waals surface area contributed by atoms with Crippen molar-refractivity contribution in [2.45, 2.75) is 34.9 Å². The van der Waals surface area contributed by atoms with Gasteiger partial charge in [-0.25, -0.2) is 4.68 Å². The molecule has 12 heteroatoms. The first kappa shape index (κ1) is 23.6. The standard InChI is InChI=1S/C21H21ClN2O8S/c1-19(33(28,29)30)21(22,27)17(25)20(26,18(32-19)31-15-10-6-3-7-11-15)16-12-13-23-24(16)14-8-4-2-5-9-14/h2-13,17-18,25-27H,1H3,(H,28,29,30)/t17-,18-,19?,20-,21+/m0/s1. The van der Waals surface area contributed by atoms with Gasteiger partial charge in [-0.05, 0) is 37.3 Å². The van der Waals surface area contributed by atoms with Crippen molar-refractivity contribution in [2.75, 3.05) is 0 Å². The molecule has 0 aliphatic carbocycles. The van der Waals surface area contributed by atoms with Crippen molar-refractivity contribution in [1.29, 1.82) is 0 Å². The fourth-order valence-electron chi connectivity index (χ4n) is 3.67. The van der Waals surface area contributed by atoms with Gasteiger partial charge >= 0.3 is 0 Å². The first-order chi connectivity index (χ1) is 15.4. The molecule has 0 radical (unpaired) electrons. The van der Waals surface area contributed by atoms with Crippen LogP contribution in [0, 0.1) is 0 Å². The summed E-state index contributed by atoms with van der Waals surface area (Å²) in [5.41, 5.74) is -2.32. The molecule has 3 aromatic rings. The van der Waals surface area contributed by atoms with Gasteiger partial charge in [0.1, 0.15) is 11.9 Å². The van der Waals surface area contributed by atoms with E-state index in [0.29, 0.717) is 5.69 Å². The number of rotatable bonds is 5. The first-order valence-electron chi connectivity index (χ1n) is 9.71. The summed E-state index contributed by atoms with van der Waals surface area (Å²) in [5.74, 6) is 0.136. The average molecular weight is 497 g/mol. The molecule has 1 unspecified atom stereocenters. The summed E-state index contributed by atoms with van der Waals surface area (Å²) >= 11 is 6.08. The molecular formula is C21H21ClN2O8S. The van der Waals surface area contributed by atoms with Crippen molar-refractivity contribution in [3.8, 4) is 11.4 Å². The summed E-state index contributed by atoms with van der Waals surface area (Å²) in [6.45, 7) is 0.758. The molecule has 2 heterocycles. The molecule has 1 aliphatic rings. The highest BCUT2D eigenvalue weighted by Gasteiger charge is 2.74. The van der Waals surface area contributed by atoms with Crippen molar-refractivity contribution in [3.63, 3.8) is 0 Å². The Morgan fingerprint density at radius 2 is 1.64 bits per heavy atom. The van der Waals surface area contributed by atoms with Crippen LogP contribution in [0.4, 0.5) is 0 Å². The number of aliphatic hydroxyl groups is 3. The van der Waals surface area contributed by atoms with Gasteiger partial charge in [0, 0.05) is 6.20 Å². The fraction of sp³-hybridized carbons (Fsp3) is 0.286. The quantitative estimate of drug-likeness (QED) is 0.303. The van der Waals surface area contributed by atoms with E-state index in [1.807, 2.05) is 0 Å². The Hall–Kier alpha value is -2.51. The number of aromatic nitrogens is 2. The number of nitrogens with zero attached hydrogens (tertiary/aromatic N) is 2. The van der Waals surface area contributed by atoms with Crippen LogP contribution in [0.15, 0.2) is 72.9 Å². The predicted octanol–water partition coefficient (Wildman–Crippen LogP) is 1.39. The van der Waals surface area contributed by atoms with Crippen molar-refractivity contribution in [2.24, 2.45) is 0 Å². The molecule has 0 spiro atoms. The normalized spacial score (nSPS) is 32.4. The molecule has 5 atom stereocenters. The average Bonchev–Trinajstić information content (AvgIpc) is 3.28. The number of ether oxygens (including phenoxy) is 2. The van der Waals surface area contributed by atoms with Gasteiger partial charge in [0.05, 0.1) is 11.4 Å². The lowest BCUT2D eigenvalue weighted by atomic mass is 9.83. The smallest absolute Gasteiger partial charge is 0.299 e. The molecule has 1 fully saturated rings. The van der Waals surface area contributed by atoms with E-state index in [1.54, 1.807) is 48.5 Å². The number of hydrogen-bond donors (Lipinski definition) is 4. The highest BCUT2D eigenvalue weighted by Crippen LogP contribution is 2.51. The van der Waals surface area contributed by atoms with Crippen LogP contribution < -0.4 is 4.74 Å². The van der Waals surface area contributed by atoms with Crippen molar-refractivity contribution in [1.82, 2.24) is 9.78 Å². The maximum atomic E-state index is 12.2. The Labute approximate surface area is 194 Å². The van der Waals surface area contributed by atoms with Gasteiger partial charge in [-0.15, -0.1) is 0 Å². The second kappa shape index (κ2) is 8.06. The van der Waals surface area contributed by atoms with Crippen LogP contribution in [0.2, 0.25) is 0 Å². The van der Waals surface area contributed by atoms with Crippen molar-refractivity contribution >= 4 is 21.7 Å². The van der Waals surface area contributed by atoms with Crippen LogP contribution in [0.3, 0.4) is 0 Å². The van der Waals surface area contributed by atoms with Crippen molar-refractivity contribution < 1.29 is 37.8 Å². The number of hydrogen-bond acceptors (Lipinski definition) is 8. The molecule has 10 nitrogen and oxygen atoms in total. The van der Waals surface area contributed by atoms with Crippen LogP contribution in [-0.4, -0.2) is 60.5 Å². The third-order valence-corrected chi connectivity index (χ3v) is 7.71. The lowest BCUT2D eigenvalue weighted by Gasteiger charge is -2.53. The molecule has 1 aliphatic heterocycles. The molecule has 0 amide bonds. The zero-order chi connectivity index (χ0) is 24.1. The fourth-order valence-corrected chi connectivity index (χ4v) is 4.85. The third-order valence-electron chi connectivity index (χ3n) is 5.64. The monoisotopic (exact) mass is 496 g/mol.